The van der Waals surface area contributed by atoms with Crippen molar-refractivity contribution in [2.75, 3.05) is 30.4 Å². The fourth-order valence-electron chi connectivity index (χ4n) is 2.99. The molecule has 14 heteroatoms. The van der Waals surface area contributed by atoms with Crippen LogP contribution in [0.5, 0.6) is 5.75 Å². The smallest absolute Gasteiger partial charge is 0.305 e. The van der Waals surface area contributed by atoms with Crippen LogP contribution < -0.4 is 15.0 Å². The Morgan fingerprint density at radius 1 is 1.24 bits per heavy atom. The van der Waals surface area contributed by atoms with E-state index in [1.165, 1.54) is 20.1 Å². The zero-order valence-corrected chi connectivity index (χ0v) is 19.2. The van der Waals surface area contributed by atoms with E-state index in [1.54, 1.807) is 6.07 Å². The topological polar surface area (TPSA) is 176 Å². The van der Waals surface area contributed by atoms with Crippen LogP contribution >= 0.6 is 11.6 Å². The normalized spacial score (nSPS) is 10.6. The van der Waals surface area contributed by atoms with Gasteiger partial charge in [0.05, 0.1) is 51.9 Å². The fraction of sp³-hybridized carbons (Fsp3) is 0.300. The molecule has 178 valence electrons. The summed E-state index contributed by atoms with van der Waals surface area (Å²) in [5.41, 5.74) is -0.765. The van der Waals surface area contributed by atoms with Crippen LogP contribution in [0.3, 0.4) is 0 Å². The molecule has 0 radical (unpaired) electrons. The zero-order chi connectivity index (χ0) is 25.4. The van der Waals surface area contributed by atoms with Gasteiger partial charge in [0.2, 0.25) is 5.91 Å². The average molecular weight is 490 g/mol. The molecule has 0 saturated carbocycles. The van der Waals surface area contributed by atoms with Crippen molar-refractivity contribution in [1.29, 1.82) is 5.26 Å². The third kappa shape index (κ3) is 6.14. The van der Waals surface area contributed by atoms with Gasteiger partial charge in [0.15, 0.2) is 5.69 Å². The number of non-ortho nitro benzene ring substituents is 1. The lowest BCUT2D eigenvalue weighted by Gasteiger charge is -2.25. The first-order chi connectivity index (χ1) is 16.1. The molecule has 1 N–H and O–H groups in total. The Morgan fingerprint density at radius 2 is 1.94 bits per heavy atom. The van der Waals surface area contributed by atoms with Gasteiger partial charge >= 0.3 is 5.69 Å². The molecule has 0 aliphatic carbocycles. The number of anilines is 2. The Kier molecular flexibility index (Phi) is 8.79. The number of halogens is 1. The second-order valence-electron chi connectivity index (χ2n) is 6.72. The molecule has 2 aromatic carbocycles. The molecule has 0 aliphatic rings. The molecule has 0 saturated heterocycles. The first kappa shape index (κ1) is 25.9. The standard InChI is InChI=1S/C20H20ClN7O6/c1-4-26(7-5-6-22)17-10-15(23-12(2)29)16(11-19(17)34-3)24-25-20-14(21)8-13(27(30)31)9-18(20)28(32)33/h8-11H,4-5,7H2,1-3H3,(H,23,29). The average Bonchev–Trinajstić information content (AvgIpc) is 2.78. The summed E-state index contributed by atoms with van der Waals surface area (Å²) < 4.78 is 5.44. The van der Waals surface area contributed by atoms with E-state index in [9.17, 15) is 25.0 Å². The summed E-state index contributed by atoms with van der Waals surface area (Å²) in [4.78, 5) is 34.4. The van der Waals surface area contributed by atoms with Crippen molar-refractivity contribution in [3.63, 3.8) is 0 Å². The molecule has 0 bridgehead atoms. The highest BCUT2D eigenvalue weighted by Gasteiger charge is 2.24. The van der Waals surface area contributed by atoms with Gasteiger partial charge in [-0.25, -0.2) is 0 Å². The van der Waals surface area contributed by atoms with E-state index in [-0.39, 0.29) is 22.8 Å². The number of hydrogen-bond donors (Lipinski definition) is 1. The number of nitro benzene ring substituents is 2. The number of carbonyl (C=O) groups excluding carboxylic acids is 1. The number of nitrogens with one attached hydrogen (secondary N) is 1. The van der Waals surface area contributed by atoms with Crippen LogP contribution in [0.25, 0.3) is 0 Å². The molecule has 2 rings (SSSR count). The highest BCUT2D eigenvalue weighted by molar-refractivity contribution is 6.33. The Morgan fingerprint density at radius 3 is 2.47 bits per heavy atom. The summed E-state index contributed by atoms with van der Waals surface area (Å²) in [6.07, 6.45) is 0.260. The summed E-state index contributed by atoms with van der Waals surface area (Å²) in [7, 11) is 1.42. The maximum Gasteiger partial charge on any atom is 0.305 e. The number of carbonyl (C=O) groups is 1. The third-order valence-electron chi connectivity index (χ3n) is 4.52. The van der Waals surface area contributed by atoms with Crippen LogP contribution in [0.1, 0.15) is 20.3 Å². The van der Waals surface area contributed by atoms with Gasteiger partial charge in [-0.05, 0) is 13.0 Å². The van der Waals surface area contributed by atoms with E-state index in [4.69, 9.17) is 21.6 Å². The minimum Gasteiger partial charge on any atom is -0.494 e. The Balaban J connectivity index is 2.65. The van der Waals surface area contributed by atoms with E-state index >= 15 is 0 Å². The lowest BCUT2D eigenvalue weighted by molar-refractivity contribution is -0.393. The summed E-state index contributed by atoms with van der Waals surface area (Å²) in [5, 5.41) is 41.5. The monoisotopic (exact) mass is 489 g/mol. The van der Waals surface area contributed by atoms with E-state index in [0.29, 0.717) is 24.5 Å². The molecule has 1 amide bonds. The second kappa shape index (κ2) is 11.5. The number of methoxy groups -OCH3 is 1. The van der Waals surface area contributed by atoms with Crippen molar-refractivity contribution < 1.29 is 19.4 Å². The van der Waals surface area contributed by atoms with Crippen LogP contribution in [0.15, 0.2) is 34.5 Å². The number of nitriles is 1. The van der Waals surface area contributed by atoms with E-state index < -0.39 is 32.8 Å². The molecule has 0 unspecified atom stereocenters. The highest BCUT2D eigenvalue weighted by atomic mass is 35.5. The predicted molar refractivity (Wildman–Crippen MR) is 124 cm³/mol. The number of azo groups is 1. The summed E-state index contributed by atoms with van der Waals surface area (Å²) >= 11 is 6.02. The molecule has 0 aromatic heterocycles. The van der Waals surface area contributed by atoms with E-state index in [2.05, 4.69) is 21.6 Å². The third-order valence-corrected chi connectivity index (χ3v) is 4.81. The van der Waals surface area contributed by atoms with Gasteiger partial charge in [-0.15, -0.1) is 10.2 Å². The Bertz CT molecular complexity index is 1190. The van der Waals surface area contributed by atoms with Crippen molar-refractivity contribution >= 4 is 51.6 Å². The maximum absolute atomic E-state index is 11.8. The lowest BCUT2D eigenvalue weighted by Crippen LogP contribution is -2.24. The summed E-state index contributed by atoms with van der Waals surface area (Å²) in [5.74, 6) is -0.0564. The fourth-order valence-corrected chi connectivity index (χ4v) is 3.24. The first-order valence-corrected chi connectivity index (χ1v) is 10.2. The van der Waals surface area contributed by atoms with Crippen LogP contribution in [0.2, 0.25) is 5.02 Å². The van der Waals surface area contributed by atoms with Gasteiger partial charge in [0.25, 0.3) is 5.69 Å². The maximum atomic E-state index is 11.8. The molecule has 0 fully saturated rings. The van der Waals surface area contributed by atoms with Crippen molar-refractivity contribution in [1.82, 2.24) is 0 Å². The van der Waals surface area contributed by atoms with Crippen LogP contribution in [0, 0.1) is 31.6 Å². The minimum absolute atomic E-state index is 0.0934. The van der Waals surface area contributed by atoms with Crippen LogP contribution in [-0.4, -0.2) is 36.0 Å². The van der Waals surface area contributed by atoms with E-state index in [1.807, 2.05) is 11.8 Å². The number of benzene rings is 2. The van der Waals surface area contributed by atoms with Gasteiger partial charge in [0.1, 0.15) is 11.4 Å². The second-order valence-corrected chi connectivity index (χ2v) is 7.13. The molecule has 0 spiro atoms. The van der Waals surface area contributed by atoms with Gasteiger partial charge < -0.3 is 15.0 Å². The number of hydrogen-bond acceptors (Lipinski definition) is 10. The first-order valence-electron chi connectivity index (χ1n) is 9.78. The predicted octanol–water partition coefficient (Wildman–Crippen LogP) is 5.28. The van der Waals surface area contributed by atoms with Gasteiger partial charge in [0, 0.05) is 32.1 Å². The van der Waals surface area contributed by atoms with Crippen molar-refractivity contribution in [3.05, 3.63) is 49.5 Å². The van der Waals surface area contributed by atoms with Gasteiger partial charge in [-0.2, -0.15) is 5.26 Å². The molecule has 13 nitrogen and oxygen atoms in total. The molecule has 0 atom stereocenters. The zero-order valence-electron chi connectivity index (χ0n) is 18.4. The minimum atomic E-state index is -0.861. The summed E-state index contributed by atoms with van der Waals surface area (Å²) in [6.45, 7) is 4.13. The van der Waals surface area contributed by atoms with Crippen molar-refractivity contribution in [2.45, 2.75) is 20.3 Å². The molecular weight excluding hydrogens is 470 g/mol. The number of ether oxygens (including phenoxy) is 1. The molecule has 2 aromatic rings. The van der Waals surface area contributed by atoms with Crippen molar-refractivity contribution in [2.24, 2.45) is 10.2 Å². The largest absolute Gasteiger partial charge is 0.494 e. The quantitative estimate of drug-likeness (QED) is 0.266. The number of nitrogens with zero attached hydrogens (tertiary/aromatic N) is 6. The lowest BCUT2D eigenvalue weighted by atomic mass is 10.2. The van der Waals surface area contributed by atoms with Crippen LogP contribution in [0.4, 0.5) is 34.1 Å². The molecular formula is C20H20ClN7O6. The van der Waals surface area contributed by atoms with Gasteiger partial charge in [-0.3, -0.25) is 25.0 Å². The Hall–Kier alpha value is -4.31. The molecule has 34 heavy (non-hydrogen) atoms. The van der Waals surface area contributed by atoms with E-state index in [0.717, 1.165) is 12.1 Å². The number of nitro groups is 2. The molecule has 0 heterocycles. The highest BCUT2D eigenvalue weighted by Crippen LogP contribution is 2.42. The summed E-state index contributed by atoms with van der Waals surface area (Å²) in [6, 6.07) is 6.77. The molecule has 0 aliphatic heterocycles. The number of amides is 1. The SMILES string of the molecule is CCN(CCC#N)c1cc(NC(C)=O)c(N=Nc2c(Cl)cc([N+](=O)[O-])cc2[N+](=O)[O-])cc1OC. The van der Waals surface area contributed by atoms with Crippen molar-refractivity contribution in [3.8, 4) is 11.8 Å². The van der Waals surface area contributed by atoms with Crippen LogP contribution in [-0.2, 0) is 4.79 Å². The van der Waals surface area contributed by atoms with Gasteiger partial charge in [-0.1, -0.05) is 11.6 Å². The number of rotatable bonds is 10. The Labute approximate surface area is 198 Å².